The summed E-state index contributed by atoms with van der Waals surface area (Å²) in [5.74, 6) is 1.74. The molecule has 1 aromatic carbocycles. The van der Waals surface area contributed by atoms with Crippen molar-refractivity contribution in [2.24, 2.45) is 0 Å². The van der Waals surface area contributed by atoms with E-state index >= 15 is 0 Å². The van der Waals surface area contributed by atoms with Gasteiger partial charge in [0.25, 0.3) is 5.89 Å². The van der Waals surface area contributed by atoms with Crippen molar-refractivity contribution in [3.8, 4) is 11.5 Å². The van der Waals surface area contributed by atoms with E-state index in [4.69, 9.17) is 8.83 Å². The van der Waals surface area contributed by atoms with Crippen molar-refractivity contribution < 1.29 is 13.6 Å². The van der Waals surface area contributed by atoms with Gasteiger partial charge in [0.05, 0.1) is 21.5 Å². The highest BCUT2D eigenvalue weighted by Gasteiger charge is 2.16. The summed E-state index contributed by atoms with van der Waals surface area (Å²) in [6.45, 7) is 3.66. The number of furan rings is 1. The molecule has 0 saturated heterocycles. The van der Waals surface area contributed by atoms with Gasteiger partial charge in [0, 0.05) is 0 Å². The number of hydrogen-bond acceptors (Lipinski definition) is 8. The van der Waals surface area contributed by atoms with E-state index in [2.05, 4.69) is 20.5 Å². The van der Waals surface area contributed by atoms with Gasteiger partial charge in [-0.25, -0.2) is 4.98 Å². The molecule has 0 bridgehead atoms. The van der Waals surface area contributed by atoms with Gasteiger partial charge in [-0.3, -0.25) is 10.1 Å². The first kappa shape index (κ1) is 16.8. The fraction of sp³-hybridized carbons (Fsp3) is 0.176. The monoisotopic (exact) mass is 386 g/mol. The summed E-state index contributed by atoms with van der Waals surface area (Å²) in [6, 6.07) is 9.76. The highest BCUT2D eigenvalue weighted by molar-refractivity contribution is 8.01. The maximum absolute atomic E-state index is 12.1. The van der Waals surface area contributed by atoms with E-state index in [-0.39, 0.29) is 17.7 Å². The van der Waals surface area contributed by atoms with Gasteiger partial charge in [-0.05, 0) is 32.0 Å². The van der Waals surface area contributed by atoms with Crippen molar-refractivity contribution in [1.82, 2.24) is 15.2 Å². The first-order chi connectivity index (χ1) is 12.6. The Bertz CT molecular complexity index is 1050. The highest BCUT2D eigenvalue weighted by atomic mass is 32.2. The Hall–Kier alpha value is -2.65. The summed E-state index contributed by atoms with van der Waals surface area (Å²) in [5, 5.41) is 10.4. The number of aryl methyl sites for hydroxylation is 2. The molecule has 0 aliphatic heterocycles. The van der Waals surface area contributed by atoms with Crippen LogP contribution in [-0.2, 0) is 4.79 Å². The minimum atomic E-state index is -0.232. The van der Waals surface area contributed by atoms with Crippen LogP contribution >= 0.6 is 23.1 Å². The zero-order chi connectivity index (χ0) is 18.1. The number of fused-ring (bicyclic) bond motifs is 1. The number of rotatable bonds is 5. The average molecular weight is 386 g/mol. The fourth-order valence-corrected chi connectivity index (χ4v) is 4.29. The number of nitrogens with one attached hydrogen (secondary N) is 1. The van der Waals surface area contributed by atoms with Crippen LogP contribution < -0.4 is 5.32 Å². The number of nitrogens with zero attached hydrogens (tertiary/aromatic N) is 3. The fourth-order valence-electron chi connectivity index (χ4n) is 2.42. The van der Waals surface area contributed by atoms with Gasteiger partial charge < -0.3 is 8.83 Å². The Labute approximate surface area is 156 Å². The molecule has 4 aromatic rings. The van der Waals surface area contributed by atoms with E-state index < -0.39 is 0 Å². The molecule has 0 unspecified atom stereocenters. The number of para-hydroxylation sites is 1. The van der Waals surface area contributed by atoms with Gasteiger partial charge in [-0.2, -0.15) is 0 Å². The zero-order valence-electron chi connectivity index (χ0n) is 14.0. The number of hydrogen-bond donors (Lipinski definition) is 1. The first-order valence-electron chi connectivity index (χ1n) is 7.77. The Balaban J connectivity index is 1.38. The predicted octanol–water partition coefficient (Wildman–Crippen LogP) is 4.29. The molecule has 3 aromatic heterocycles. The second kappa shape index (κ2) is 6.93. The minimum Gasteiger partial charge on any atom is -0.466 e. The van der Waals surface area contributed by atoms with E-state index in [1.807, 2.05) is 44.2 Å². The van der Waals surface area contributed by atoms with Crippen molar-refractivity contribution in [1.29, 1.82) is 0 Å². The van der Waals surface area contributed by atoms with E-state index in [0.717, 1.165) is 25.9 Å². The van der Waals surface area contributed by atoms with Crippen LogP contribution in [0.2, 0.25) is 0 Å². The lowest BCUT2D eigenvalue weighted by Crippen LogP contribution is -2.14. The molecule has 26 heavy (non-hydrogen) atoms. The number of amides is 1. The average Bonchev–Trinajstić information content (AvgIpc) is 3.31. The third kappa shape index (κ3) is 3.49. The topological polar surface area (TPSA) is 94.1 Å². The number of carbonyl (C=O) groups is 1. The molecule has 0 atom stereocenters. The Morgan fingerprint density at radius 1 is 1.23 bits per heavy atom. The van der Waals surface area contributed by atoms with Crippen molar-refractivity contribution in [3.63, 3.8) is 0 Å². The van der Waals surface area contributed by atoms with E-state index in [1.54, 1.807) is 11.3 Å². The number of benzene rings is 1. The van der Waals surface area contributed by atoms with Gasteiger partial charge in [-0.1, -0.05) is 29.0 Å². The Morgan fingerprint density at radius 2 is 2.08 bits per heavy atom. The van der Waals surface area contributed by atoms with Gasteiger partial charge in [0.15, 0.2) is 4.34 Å². The summed E-state index contributed by atoms with van der Waals surface area (Å²) < 4.78 is 12.9. The second-order valence-corrected chi connectivity index (χ2v) is 7.78. The van der Waals surface area contributed by atoms with E-state index in [9.17, 15) is 4.79 Å². The van der Waals surface area contributed by atoms with E-state index in [0.29, 0.717) is 11.7 Å². The lowest BCUT2D eigenvalue weighted by Gasteiger charge is -1.98. The van der Waals surface area contributed by atoms with E-state index in [1.165, 1.54) is 11.8 Å². The molecule has 1 N–H and O–H groups in total. The van der Waals surface area contributed by atoms with Crippen LogP contribution in [0.1, 0.15) is 11.5 Å². The molecular formula is C17H14N4O3S2. The van der Waals surface area contributed by atoms with Crippen molar-refractivity contribution in [2.75, 3.05) is 11.1 Å². The van der Waals surface area contributed by atoms with Gasteiger partial charge in [0.2, 0.25) is 5.91 Å². The number of aromatic nitrogens is 3. The molecule has 7 nitrogen and oxygen atoms in total. The number of thioether (sulfide) groups is 1. The molecule has 0 aliphatic rings. The van der Waals surface area contributed by atoms with Gasteiger partial charge in [0.1, 0.15) is 11.5 Å². The summed E-state index contributed by atoms with van der Waals surface area (Å²) in [7, 11) is 0. The third-order valence-corrected chi connectivity index (χ3v) is 5.72. The van der Waals surface area contributed by atoms with Crippen LogP contribution in [0, 0.1) is 13.8 Å². The maximum Gasteiger partial charge on any atom is 0.322 e. The Kier molecular flexibility index (Phi) is 4.48. The number of thiazole rings is 1. The standard InChI is InChI=1S/C17H14N4O3S2/c1-9-7-11(10(2)23-9)15-20-21-16(24-15)19-14(22)8-25-17-18-12-5-3-4-6-13(12)26-17/h3-7H,8H2,1-2H3,(H,19,21,22). The van der Waals surface area contributed by atoms with Crippen LogP contribution in [0.5, 0.6) is 0 Å². The summed E-state index contributed by atoms with van der Waals surface area (Å²) in [4.78, 5) is 16.6. The summed E-state index contributed by atoms with van der Waals surface area (Å²) >= 11 is 2.93. The molecule has 3 heterocycles. The van der Waals surface area contributed by atoms with Crippen LogP contribution in [-0.4, -0.2) is 26.8 Å². The molecule has 0 saturated carbocycles. The van der Waals surface area contributed by atoms with Crippen molar-refractivity contribution in [2.45, 2.75) is 18.2 Å². The Morgan fingerprint density at radius 3 is 2.85 bits per heavy atom. The summed E-state index contributed by atoms with van der Waals surface area (Å²) in [6.07, 6.45) is 0. The van der Waals surface area contributed by atoms with Crippen LogP contribution in [0.25, 0.3) is 21.7 Å². The molecule has 0 spiro atoms. The number of carbonyl (C=O) groups excluding carboxylic acids is 1. The second-order valence-electron chi connectivity index (χ2n) is 5.52. The normalized spacial score (nSPS) is 11.2. The minimum absolute atomic E-state index is 0.0631. The lowest BCUT2D eigenvalue weighted by atomic mass is 10.2. The molecule has 4 rings (SSSR count). The SMILES string of the molecule is Cc1cc(-c2nnc(NC(=O)CSc3nc4ccccc4s3)o2)c(C)o1. The smallest absolute Gasteiger partial charge is 0.322 e. The predicted molar refractivity (Wildman–Crippen MR) is 100 cm³/mol. The first-order valence-corrected chi connectivity index (χ1v) is 9.58. The quantitative estimate of drug-likeness (QED) is 0.511. The highest BCUT2D eigenvalue weighted by Crippen LogP contribution is 2.29. The molecule has 1 amide bonds. The molecule has 0 radical (unpaired) electrons. The third-order valence-electron chi connectivity index (χ3n) is 3.54. The lowest BCUT2D eigenvalue weighted by molar-refractivity contribution is -0.113. The molecular weight excluding hydrogens is 372 g/mol. The van der Waals surface area contributed by atoms with Crippen LogP contribution in [0.4, 0.5) is 6.01 Å². The molecule has 0 aliphatic carbocycles. The van der Waals surface area contributed by atoms with Crippen molar-refractivity contribution in [3.05, 3.63) is 41.9 Å². The molecule has 0 fully saturated rings. The van der Waals surface area contributed by atoms with Crippen LogP contribution in [0.3, 0.4) is 0 Å². The van der Waals surface area contributed by atoms with Crippen molar-refractivity contribution >= 4 is 45.2 Å². The van der Waals surface area contributed by atoms with Gasteiger partial charge >= 0.3 is 6.01 Å². The summed E-state index contributed by atoms with van der Waals surface area (Å²) in [5.41, 5.74) is 1.66. The maximum atomic E-state index is 12.1. The van der Waals surface area contributed by atoms with Gasteiger partial charge in [-0.15, -0.1) is 16.4 Å². The molecule has 132 valence electrons. The molecule has 9 heteroatoms. The zero-order valence-corrected chi connectivity index (χ0v) is 15.6. The number of anilines is 1. The largest absolute Gasteiger partial charge is 0.466 e. The van der Waals surface area contributed by atoms with Crippen LogP contribution in [0.15, 0.2) is 43.5 Å².